The molecule has 3 rings (SSSR count). The Labute approximate surface area is 240 Å². The molecule has 12 heteroatoms. The van der Waals surface area contributed by atoms with Gasteiger partial charge >= 0.3 is 11.9 Å². The van der Waals surface area contributed by atoms with Crippen LogP contribution in [0.15, 0.2) is 24.4 Å². The number of aliphatic carboxylic acids is 2. The third-order valence-electron chi connectivity index (χ3n) is 7.29. The van der Waals surface area contributed by atoms with E-state index in [1.54, 1.807) is 6.92 Å². The van der Waals surface area contributed by atoms with Gasteiger partial charge in [0.15, 0.2) is 0 Å². The number of nitrogens with zero attached hydrogens (tertiary/aromatic N) is 1. The van der Waals surface area contributed by atoms with E-state index in [2.05, 4.69) is 20.9 Å². The van der Waals surface area contributed by atoms with E-state index >= 15 is 0 Å². The standard InChI is InChI=1S/C29H45N5O7/c1-18(2)31-16-21(35)17-41-25-11-6-9-22-26(25)20(15-32-22)14-30-12-5-4-8-23(28(37)38)33-19(3)27(36)34-13-7-10-24(34)29(39)40/h6,9,11,15,18-19,21,23-24,30-33,35H,4-5,7-8,10,12-14,16-17H2,1-3H3,(H,37,38)(H,39,40)/t19-,21-,23-,24-/m0/s1. The number of carbonyl (C=O) groups excluding carboxylic acids is 1. The molecule has 228 valence electrons. The summed E-state index contributed by atoms with van der Waals surface area (Å²) in [6.07, 6.45) is 4.05. The Hall–Kier alpha value is -3.19. The van der Waals surface area contributed by atoms with Crippen LogP contribution in [0.2, 0.25) is 0 Å². The number of carboxylic acids is 2. The van der Waals surface area contributed by atoms with E-state index < -0.39 is 36.2 Å². The average molecular weight is 576 g/mol. The summed E-state index contributed by atoms with van der Waals surface area (Å²) in [4.78, 5) is 40.6. The van der Waals surface area contributed by atoms with E-state index in [-0.39, 0.29) is 18.6 Å². The zero-order valence-corrected chi connectivity index (χ0v) is 24.2. The number of carboxylic acid groups (broad SMARTS) is 2. The lowest BCUT2D eigenvalue weighted by Gasteiger charge is -2.27. The van der Waals surface area contributed by atoms with Crippen molar-refractivity contribution < 1.29 is 34.4 Å². The SMILES string of the molecule is CC(C)NC[C@H](O)COc1cccc2[nH]cc(CNCCCC[C@H](N[C@@H](C)C(=O)N3CCC[C@H]3C(=O)O)C(=O)O)c12. The summed E-state index contributed by atoms with van der Waals surface area (Å²) in [6.45, 7) is 7.88. The number of ether oxygens (including phenoxy) is 1. The molecule has 4 atom stereocenters. The van der Waals surface area contributed by atoms with Gasteiger partial charge in [-0.05, 0) is 56.8 Å². The Morgan fingerprint density at radius 1 is 1.17 bits per heavy atom. The van der Waals surface area contributed by atoms with Gasteiger partial charge in [0.1, 0.15) is 30.5 Å². The molecule has 1 aliphatic rings. The second kappa shape index (κ2) is 15.7. The number of aromatic amines is 1. The Morgan fingerprint density at radius 3 is 2.66 bits per heavy atom. The Balaban J connectivity index is 1.44. The molecule has 0 spiro atoms. The highest BCUT2D eigenvalue weighted by molar-refractivity contribution is 5.89. The minimum Gasteiger partial charge on any atom is -0.490 e. The van der Waals surface area contributed by atoms with E-state index in [0.717, 1.165) is 22.9 Å². The van der Waals surface area contributed by atoms with Crippen molar-refractivity contribution >= 4 is 28.7 Å². The zero-order chi connectivity index (χ0) is 29.9. The van der Waals surface area contributed by atoms with Gasteiger partial charge in [0.05, 0.1) is 6.04 Å². The Morgan fingerprint density at radius 2 is 1.95 bits per heavy atom. The zero-order valence-electron chi connectivity index (χ0n) is 24.2. The van der Waals surface area contributed by atoms with Crippen molar-refractivity contribution in [2.24, 2.45) is 0 Å². The monoisotopic (exact) mass is 575 g/mol. The lowest BCUT2D eigenvalue weighted by molar-refractivity contribution is -0.149. The van der Waals surface area contributed by atoms with E-state index in [0.29, 0.717) is 57.6 Å². The maximum atomic E-state index is 12.8. The number of rotatable bonds is 18. The number of aliphatic hydroxyl groups excluding tert-OH is 1. The lowest BCUT2D eigenvalue weighted by Crippen LogP contribution is -2.53. The van der Waals surface area contributed by atoms with Crippen LogP contribution in [0.5, 0.6) is 5.75 Å². The highest BCUT2D eigenvalue weighted by Crippen LogP contribution is 2.29. The van der Waals surface area contributed by atoms with Crippen LogP contribution in [-0.2, 0) is 20.9 Å². The van der Waals surface area contributed by atoms with E-state index in [9.17, 15) is 29.7 Å². The van der Waals surface area contributed by atoms with Crippen molar-refractivity contribution in [3.63, 3.8) is 0 Å². The van der Waals surface area contributed by atoms with Crippen molar-refractivity contribution in [1.29, 1.82) is 0 Å². The summed E-state index contributed by atoms with van der Waals surface area (Å²) in [5.41, 5.74) is 1.97. The molecule has 1 amide bonds. The number of benzene rings is 1. The normalized spacial score (nSPS) is 17.6. The minimum atomic E-state index is -1.04. The van der Waals surface area contributed by atoms with Gasteiger partial charge in [-0.2, -0.15) is 0 Å². The lowest BCUT2D eigenvalue weighted by atomic mass is 10.1. The molecule has 0 bridgehead atoms. The summed E-state index contributed by atoms with van der Waals surface area (Å²) in [5.74, 6) is -1.75. The van der Waals surface area contributed by atoms with Crippen LogP contribution in [0.4, 0.5) is 0 Å². The fourth-order valence-corrected chi connectivity index (χ4v) is 5.10. The summed E-state index contributed by atoms with van der Waals surface area (Å²) in [6, 6.07) is 3.50. The van der Waals surface area contributed by atoms with Crippen LogP contribution >= 0.6 is 0 Å². The predicted molar refractivity (Wildman–Crippen MR) is 155 cm³/mol. The van der Waals surface area contributed by atoms with Gasteiger partial charge in [-0.15, -0.1) is 0 Å². The number of carbonyl (C=O) groups is 3. The molecule has 41 heavy (non-hydrogen) atoms. The van der Waals surface area contributed by atoms with Gasteiger partial charge in [-0.25, -0.2) is 4.79 Å². The van der Waals surface area contributed by atoms with E-state index in [1.807, 2.05) is 38.2 Å². The van der Waals surface area contributed by atoms with E-state index in [1.165, 1.54) is 4.90 Å². The van der Waals surface area contributed by atoms with Crippen molar-refractivity contribution in [3.8, 4) is 5.75 Å². The topological polar surface area (TPSA) is 176 Å². The maximum Gasteiger partial charge on any atom is 0.326 e. The molecule has 0 saturated carbocycles. The molecule has 2 heterocycles. The summed E-state index contributed by atoms with van der Waals surface area (Å²) in [7, 11) is 0. The largest absolute Gasteiger partial charge is 0.490 e. The number of likely N-dealkylation sites (tertiary alicyclic amines) is 1. The first-order valence-electron chi connectivity index (χ1n) is 14.4. The van der Waals surface area contributed by atoms with Crippen LogP contribution in [0.1, 0.15) is 58.4 Å². The van der Waals surface area contributed by atoms with Crippen molar-refractivity contribution in [1.82, 2.24) is 25.8 Å². The number of unbranched alkanes of at least 4 members (excludes halogenated alkanes) is 1. The number of aliphatic hydroxyl groups is 1. The number of amides is 1. The first-order chi connectivity index (χ1) is 19.6. The number of hydrogen-bond donors (Lipinski definition) is 7. The molecule has 1 aliphatic heterocycles. The van der Waals surface area contributed by atoms with Gasteiger partial charge in [0, 0.05) is 42.8 Å². The second-order valence-electron chi connectivity index (χ2n) is 11.0. The molecule has 12 nitrogen and oxygen atoms in total. The van der Waals surface area contributed by atoms with E-state index in [4.69, 9.17) is 4.74 Å². The van der Waals surface area contributed by atoms with Crippen molar-refractivity contribution in [3.05, 3.63) is 30.0 Å². The predicted octanol–water partition coefficient (Wildman–Crippen LogP) is 1.67. The molecule has 1 fully saturated rings. The molecule has 2 aromatic rings. The smallest absolute Gasteiger partial charge is 0.326 e. The van der Waals surface area contributed by atoms with Crippen LogP contribution < -0.4 is 20.7 Å². The van der Waals surface area contributed by atoms with Crippen LogP contribution in [0.3, 0.4) is 0 Å². The highest BCUT2D eigenvalue weighted by atomic mass is 16.5. The third kappa shape index (κ3) is 9.42. The van der Waals surface area contributed by atoms with Crippen LogP contribution in [0.25, 0.3) is 10.9 Å². The first-order valence-corrected chi connectivity index (χ1v) is 14.4. The number of hydrogen-bond acceptors (Lipinski definition) is 8. The van der Waals surface area contributed by atoms with Gasteiger partial charge < -0.3 is 40.6 Å². The maximum absolute atomic E-state index is 12.8. The number of aromatic nitrogens is 1. The molecule has 0 aliphatic carbocycles. The molecular formula is C29H45N5O7. The van der Waals surface area contributed by atoms with Gasteiger partial charge in [0.2, 0.25) is 5.91 Å². The first kappa shape index (κ1) is 32.3. The number of nitrogens with one attached hydrogen (secondary N) is 4. The number of fused-ring (bicyclic) bond motifs is 1. The van der Waals surface area contributed by atoms with Crippen molar-refractivity contribution in [2.45, 2.75) is 89.7 Å². The molecule has 1 aromatic heterocycles. The quantitative estimate of drug-likeness (QED) is 0.129. The molecule has 0 unspecified atom stereocenters. The minimum absolute atomic E-state index is 0.179. The molecule has 1 aromatic carbocycles. The highest BCUT2D eigenvalue weighted by Gasteiger charge is 2.36. The van der Waals surface area contributed by atoms with Gasteiger partial charge in [-0.1, -0.05) is 26.3 Å². The summed E-state index contributed by atoms with van der Waals surface area (Å²) < 4.78 is 5.95. The molecule has 7 N–H and O–H groups in total. The fourth-order valence-electron chi connectivity index (χ4n) is 5.10. The third-order valence-corrected chi connectivity index (χ3v) is 7.29. The Bertz CT molecular complexity index is 1150. The van der Waals surface area contributed by atoms with Crippen LogP contribution in [-0.4, -0.2) is 99.6 Å². The second-order valence-corrected chi connectivity index (χ2v) is 11.0. The average Bonchev–Trinajstić information content (AvgIpc) is 3.59. The molecule has 1 saturated heterocycles. The fraction of sp³-hybridized carbons (Fsp3) is 0.621. The molecular weight excluding hydrogens is 530 g/mol. The molecule has 0 radical (unpaired) electrons. The summed E-state index contributed by atoms with van der Waals surface area (Å²) >= 11 is 0. The Kier molecular flexibility index (Phi) is 12.4. The van der Waals surface area contributed by atoms with Gasteiger partial charge in [0.25, 0.3) is 0 Å². The number of H-pyrrole nitrogens is 1. The van der Waals surface area contributed by atoms with Crippen molar-refractivity contribution in [2.75, 3.05) is 26.2 Å². The van der Waals surface area contributed by atoms with Crippen LogP contribution in [0, 0.1) is 0 Å². The summed E-state index contributed by atoms with van der Waals surface area (Å²) in [5, 5.41) is 39.7. The van der Waals surface area contributed by atoms with Gasteiger partial charge in [-0.3, -0.25) is 14.9 Å².